The van der Waals surface area contributed by atoms with E-state index < -0.39 is 5.97 Å². The van der Waals surface area contributed by atoms with Gasteiger partial charge in [0.15, 0.2) is 0 Å². The lowest BCUT2D eigenvalue weighted by Gasteiger charge is -2.09. The number of hydrogen-bond donors (Lipinski definition) is 1. The van der Waals surface area contributed by atoms with Gasteiger partial charge in [-0.1, -0.05) is 18.2 Å². The first-order valence-corrected chi connectivity index (χ1v) is 6.27. The standard InChI is InChI=1S/C15H16N2O3/c1-11-5-4-6-12(14(11)16)15(19)20-10-9-17-8-3-2-7-13(17)18/h2-8H,9-10,16H2,1H3. The molecule has 0 spiro atoms. The second kappa shape index (κ2) is 6.06. The SMILES string of the molecule is Cc1cccc(C(=O)OCCn2ccccc2=O)c1N. The number of anilines is 1. The number of carbonyl (C=O) groups is 1. The number of nitrogens with zero attached hydrogens (tertiary/aromatic N) is 1. The Balaban J connectivity index is 1.98. The molecule has 0 saturated heterocycles. The molecule has 0 aliphatic heterocycles. The molecule has 5 nitrogen and oxygen atoms in total. The van der Waals surface area contributed by atoms with E-state index in [2.05, 4.69) is 0 Å². The van der Waals surface area contributed by atoms with Crippen molar-refractivity contribution in [3.05, 3.63) is 64.1 Å². The van der Waals surface area contributed by atoms with E-state index in [-0.39, 0.29) is 12.2 Å². The number of ether oxygens (including phenoxy) is 1. The Morgan fingerprint density at radius 2 is 2.05 bits per heavy atom. The van der Waals surface area contributed by atoms with E-state index >= 15 is 0 Å². The van der Waals surface area contributed by atoms with Crippen LogP contribution >= 0.6 is 0 Å². The maximum absolute atomic E-state index is 11.9. The molecule has 0 fully saturated rings. The van der Waals surface area contributed by atoms with Crippen LogP contribution in [0.15, 0.2) is 47.4 Å². The molecule has 0 saturated carbocycles. The molecule has 2 N–H and O–H groups in total. The van der Waals surface area contributed by atoms with Crippen molar-refractivity contribution >= 4 is 11.7 Å². The highest BCUT2D eigenvalue weighted by molar-refractivity contribution is 5.95. The van der Waals surface area contributed by atoms with Crippen molar-refractivity contribution < 1.29 is 9.53 Å². The summed E-state index contributed by atoms with van der Waals surface area (Å²) in [6.45, 7) is 2.27. The number of aromatic nitrogens is 1. The molecule has 2 rings (SSSR count). The van der Waals surface area contributed by atoms with Crippen LogP contribution in [0.2, 0.25) is 0 Å². The van der Waals surface area contributed by atoms with Gasteiger partial charge in [0.1, 0.15) is 6.61 Å². The molecule has 104 valence electrons. The van der Waals surface area contributed by atoms with E-state index in [9.17, 15) is 9.59 Å². The predicted octanol–water partition coefficient (Wildman–Crippen LogP) is 1.60. The van der Waals surface area contributed by atoms with Gasteiger partial charge in [-0.15, -0.1) is 0 Å². The van der Waals surface area contributed by atoms with E-state index in [1.54, 1.807) is 30.5 Å². The summed E-state index contributed by atoms with van der Waals surface area (Å²) in [5.41, 5.74) is 7.32. The van der Waals surface area contributed by atoms with Crippen molar-refractivity contribution in [2.45, 2.75) is 13.5 Å². The van der Waals surface area contributed by atoms with E-state index in [0.717, 1.165) is 5.56 Å². The monoisotopic (exact) mass is 272 g/mol. The Morgan fingerprint density at radius 1 is 1.25 bits per heavy atom. The molecule has 0 bridgehead atoms. The van der Waals surface area contributed by atoms with Gasteiger partial charge in [-0.3, -0.25) is 4.79 Å². The Morgan fingerprint density at radius 3 is 2.80 bits per heavy atom. The fourth-order valence-electron chi connectivity index (χ4n) is 1.82. The van der Waals surface area contributed by atoms with Crippen LogP contribution in [0, 0.1) is 6.92 Å². The summed E-state index contributed by atoms with van der Waals surface area (Å²) in [5.74, 6) is -0.477. The number of rotatable bonds is 4. The highest BCUT2D eigenvalue weighted by Crippen LogP contribution is 2.17. The Labute approximate surface area is 116 Å². The van der Waals surface area contributed by atoms with E-state index in [1.165, 1.54) is 10.6 Å². The van der Waals surface area contributed by atoms with Gasteiger partial charge in [0.25, 0.3) is 5.56 Å². The van der Waals surface area contributed by atoms with Gasteiger partial charge in [0.2, 0.25) is 0 Å². The molecule has 2 aromatic rings. The zero-order valence-electron chi connectivity index (χ0n) is 11.2. The highest BCUT2D eigenvalue weighted by Gasteiger charge is 2.12. The summed E-state index contributed by atoms with van der Waals surface area (Å²) in [4.78, 5) is 23.4. The second-order valence-electron chi connectivity index (χ2n) is 4.40. The Hall–Kier alpha value is -2.56. The molecule has 1 heterocycles. The van der Waals surface area contributed by atoms with Gasteiger partial charge in [-0.05, 0) is 24.6 Å². The highest BCUT2D eigenvalue weighted by atomic mass is 16.5. The van der Waals surface area contributed by atoms with Gasteiger partial charge >= 0.3 is 5.97 Å². The molecular weight excluding hydrogens is 256 g/mol. The first kappa shape index (κ1) is 13.9. The van der Waals surface area contributed by atoms with Crippen molar-refractivity contribution in [1.82, 2.24) is 4.57 Å². The molecule has 0 radical (unpaired) electrons. The molecule has 0 aliphatic rings. The van der Waals surface area contributed by atoms with Crippen molar-refractivity contribution in [3.8, 4) is 0 Å². The molecule has 1 aromatic carbocycles. The van der Waals surface area contributed by atoms with Crippen LogP contribution in [0.4, 0.5) is 5.69 Å². The molecule has 0 amide bonds. The van der Waals surface area contributed by atoms with Gasteiger partial charge in [0.05, 0.1) is 12.1 Å². The third-order valence-electron chi connectivity index (χ3n) is 3.01. The van der Waals surface area contributed by atoms with E-state index in [1.807, 2.05) is 13.0 Å². The quantitative estimate of drug-likeness (QED) is 0.677. The number of para-hydroxylation sites is 1. The smallest absolute Gasteiger partial charge is 0.340 e. The average Bonchev–Trinajstić information content (AvgIpc) is 2.44. The van der Waals surface area contributed by atoms with Crippen LogP contribution in [-0.4, -0.2) is 17.1 Å². The Kier molecular flexibility index (Phi) is 4.20. The first-order valence-electron chi connectivity index (χ1n) is 6.27. The number of carbonyl (C=O) groups excluding carboxylic acids is 1. The molecule has 0 unspecified atom stereocenters. The number of nitrogen functional groups attached to an aromatic ring is 1. The number of nitrogens with two attached hydrogens (primary N) is 1. The fraction of sp³-hybridized carbons (Fsp3) is 0.200. The zero-order chi connectivity index (χ0) is 14.5. The lowest BCUT2D eigenvalue weighted by atomic mass is 10.1. The van der Waals surface area contributed by atoms with Gasteiger partial charge in [-0.2, -0.15) is 0 Å². The topological polar surface area (TPSA) is 74.3 Å². The molecule has 0 atom stereocenters. The van der Waals surface area contributed by atoms with E-state index in [4.69, 9.17) is 10.5 Å². The van der Waals surface area contributed by atoms with Crippen LogP contribution in [0.5, 0.6) is 0 Å². The number of aryl methyl sites for hydroxylation is 1. The molecule has 1 aromatic heterocycles. The maximum atomic E-state index is 11.9. The Bertz CT molecular complexity index is 677. The predicted molar refractivity (Wildman–Crippen MR) is 76.6 cm³/mol. The molecule has 5 heteroatoms. The average molecular weight is 272 g/mol. The summed E-state index contributed by atoms with van der Waals surface area (Å²) in [6.07, 6.45) is 1.65. The maximum Gasteiger partial charge on any atom is 0.340 e. The summed E-state index contributed by atoms with van der Waals surface area (Å²) < 4.78 is 6.62. The van der Waals surface area contributed by atoms with Crippen LogP contribution in [0.3, 0.4) is 0 Å². The number of esters is 1. The second-order valence-corrected chi connectivity index (χ2v) is 4.40. The molecule has 0 aliphatic carbocycles. The summed E-state index contributed by atoms with van der Waals surface area (Å²) in [6, 6.07) is 10.1. The van der Waals surface area contributed by atoms with Crippen LogP contribution in [-0.2, 0) is 11.3 Å². The lowest BCUT2D eigenvalue weighted by Crippen LogP contribution is -2.21. The minimum absolute atomic E-state index is 0.121. The molecular formula is C15H16N2O3. The van der Waals surface area contributed by atoms with Crippen LogP contribution < -0.4 is 11.3 Å². The number of benzene rings is 1. The summed E-state index contributed by atoms with van der Waals surface area (Å²) >= 11 is 0. The third kappa shape index (κ3) is 3.06. The summed E-state index contributed by atoms with van der Waals surface area (Å²) in [7, 11) is 0. The van der Waals surface area contributed by atoms with Gasteiger partial charge in [0, 0.05) is 18.0 Å². The van der Waals surface area contributed by atoms with Crippen molar-refractivity contribution in [2.75, 3.05) is 12.3 Å². The van der Waals surface area contributed by atoms with Gasteiger partial charge < -0.3 is 15.0 Å². The minimum Gasteiger partial charge on any atom is -0.460 e. The summed E-state index contributed by atoms with van der Waals surface area (Å²) in [5, 5.41) is 0. The fourth-order valence-corrected chi connectivity index (χ4v) is 1.82. The lowest BCUT2D eigenvalue weighted by molar-refractivity contribution is 0.0491. The first-order chi connectivity index (χ1) is 9.59. The van der Waals surface area contributed by atoms with Crippen LogP contribution in [0.25, 0.3) is 0 Å². The van der Waals surface area contributed by atoms with Crippen molar-refractivity contribution in [1.29, 1.82) is 0 Å². The van der Waals surface area contributed by atoms with Crippen molar-refractivity contribution in [3.63, 3.8) is 0 Å². The normalized spacial score (nSPS) is 10.2. The number of pyridine rings is 1. The third-order valence-corrected chi connectivity index (χ3v) is 3.01. The van der Waals surface area contributed by atoms with Gasteiger partial charge in [-0.25, -0.2) is 4.79 Å². The van der Waals surface area contributed by atoms with Crippen LogP contribution in [0.1, 0.15) is 15.9 Å². The van der Waals surface area contributed by atoms with E-state index in [0.29, 0.717) is 17.8 Å². The largest absolute Gasteiger partial charge is 0.460 e. The zero-order valence-corrected chi connectivity index (χ0v) is 11.2. The minimum atomic E-state index is -0.477. The van der Waals surface area contributed by atoms with Crippen molar-refractivity contribution in [2.24, 2.45) is 0 Å². The molecule has 20 heavy (non-hydrogen) atoms. The number of hydrogen-bond acceptors (Lipinski definition) is 4.